The number of carbonyl (C=O) groups is 1. The minimum atomic E-state index is -0.729. The minimum Gasteiger partial charge on any atom is -0.444 e. The van der Waals surface area contributed by atoms with Crippen molar-refractivity contribution in [1.29, 1.82) is 0 Å². The maximum atomic E-state index is 15.3. The minimum absolute atomic E-state index is 0.0146. The smallest absolute Gasteiger partial charge is 0.407 e. The second-order valence-electron chi connectivity index (χ2n) is 11.4. The third-order valence-electron chi connectivity index (χ3n) is 7.41. The average Bonchev–Trinajstić information content (AvgIpc) is 3.47. The summed E-state index contributed by atoms with van der Waals surface area (Å²) in [7, 11) is 0. The van der Waals surface area contributed by atoms with E-state index in [1.165, 1.54) is 12.1 Å². The van der Waals surface area contributed by atoms with Crippen LogP contribution in [0.1, 0.15) is 55.6 Å². The number of ether oxygens (including phenoxy) is 1. The number of halogens is 3. The number of piperidine rings is 1. The number of fused-ring (bicyclic) bond motifs is 1. The Morgan fingerprint density at radius 3 is 2.67 bits per heavy atom. The quantitative estimate of drug-likeness (QED) is 0.455. The molecular formula is C29H34F3N5O2. The van der Waals surface area contributed by atoms with Gasteiger partial charge in [-0.05, 0) is 63.4 Å². The molecule has 1 amide bonds. The van der Waals surface area contributed by atoms with E-state index in [1.54, 1.807) is 39.0 Å². The number of likely N-dealkylation sites (tertiary alicyclic amines) is 1. The van der Waals surface area contributed by atoms with Crippen LogP contribution in [-0.4, -0.2) is 56.9 Å². The molecule has 1 saturated heterocycles. The van der Waals surface area contributed by atoms with Gasteiger partial charge in [0, 0.05) is 43.3 Å². The lowest BCUT2D eigenvalue weighted by atomic mass is 9.86. The Kier molecular flexibility index (Phi) is 7.68. The molecular weight excluding hydrogens is 507 g/mol. The zero-order valence-electron chi connectivity index (χ0n) is 22.4. The van der Waals surface area contributed by atoms with E-state index in [-0.39, 0.29) is 17.4 Å². The predicted octanol–water partition coefficient (Wildman–Crippen LogP) is 5.09. The van der Waals surface area contributed by atoms with Gasteiger partial charge >= 0.3 is 6.09 Å². The number of hydrogen-bond acceptors (Lipinski definition) is 5. The van der Waals surface area contributed by atoms with Crippen LogP contribution < -0.4 is 5.32 Å². The van der Waals surface area contributed by atoms with Crippen molar-refractivity contribution in [2.75, 3.05) is 13.1 Å². The summed E-state index contributed by atoms with van der Waals surface area (Å²) in [6.07, 6.45) is 2.05. The van der Waals surface area contributed by atoms with Crippen LogP contribution in [0.5, 0.6) is 0 Å². The highest BCUT2D eigenvalue weighted by molar-refractivity contribution is 5.68. The standard InChI is InChI=1S/C29H34F3N5O2/c1-29(2,3)39-28(38)34-25-13-21(37-15-19-14-33-35-26(19)17-37)16-36(11-10-18-6-4-5-7-23(18)31)27(25)22-12-20(30)8-9-24(22)32/h4-9,12,14,21,25,27H,10-11,13,15-17H2,1-3H3,(H,33,35)(H,34,38)/t21-,25+,27-/m0/s1. The Bertz CT molecular complexity index is 1300. The maximum absolute atomic E-state index is 15.3. The van der Waals surface area contributed by atoms with Crippen LogP contribution in [0.15, 0.2) is 48.7 Å². The van der Waals surface area contributed by atoms with Crippen molar-refractivity contribution < 1.29 is 22.7 Å². The molecule has 3 aromatic rings. The number of nitrogens with one attached hydrogen (secondary N) is 2. The van der Waals surface area contributed by atoms with Crippen molar-refractivity contribution >= 4 is 6.09 Å². The van der Waals surface area contributed by atoms with Gasteiger partial charge in [0.25, 0.3) is 0 Å². The number of hydrogen-bond donors (Lipinski definition) is 2. The molecule has 2 aliphatic rings. The molecule has 208 valence electrons. The second kappa shape index (κ2) is 11.0. The molecule has 3 atom stereocenters. The summed E-state index contributed by atoms with van der Waals surface area (Å²) >= 11 is 0. The number of H-pyrrole nitrogens is 1. The number of carbonyl (C=O) groups excluding carboxylic acids is 1. The third kappa shape index (κ3) is 6.28. The second-order valence-corrected chi connectivity index (χ2v) is 11.4. The predicted molar refractivity (Wildman–Crippen MR) is 140 cm³/mol. The van der Waals surface area contributed by atoms with Gasteiger partial charge in [-0.15, -0.1) is 0 Å². The SMILES string of the molecule is CC(C)(C)OC(=O)N[C@@H]1C[C@H](N2Cc3cn[nH]c3C2)CN(CCc2ccccc2F)[C@H]1c1cc(F)ccc1F. The number of alkyl carbamates (subject to hydrolysis) is 1. The molecule has 0 spiro atoms. The molecule has 0 radical (unpaired) electrons. The van der Waals surface area contributed by atoms with Gasteiger partial charge in [0.1, 0.15) is 23.1 Å². The summed E-state index contributed by atoms with van der Waals surface area (Å²) in [4.78, 5) is 17.3. The molecule has 7 nitrogen and oxygen atoms in total. The lowest BCUT2D eigenvalue weighted by Gasteiger charge is -2.47. The van der Waals surface area contributed by atoms with E-state index in [9.17, 15) is 13.6 Å². The Balaban J connectivity index is 1.48. The van der Waals surface area contributed by atoms with Gasteiger partial charge in [-0.3, -0.25) is 14.9 Å². The summed E-state index contributed by atoms with van der Waals surface area (Å²) < 4.78 is 49.7. The number of amides is 1. The highest BCUT2D eigenvalue weighted by Gasteiger charge is 2.42. The zero-order chi connectivity index (χ0) is 27.7. The fourth-order valence-corrected chi connectivity index (χ4v) is 5.69. The molecule has 2 N–H and O–H groups in total. The van der Waals surface area contributed by atoms with Crippen LogP contribution in [0.3, 0.4) is 0 Å². The topological polar surface area (TPSA) is 73.5 Å². The Labute approximate surface area is 226 Å². The molecule has 0 unspecified atom stereocenters. The summed E-state index contributed by atoms with van der Waals surface area (Å²) in [6.45, 7) is 7.58. The van der Waals surface area contributed by atoms with E-state index in [2.05, 4.69) is 20.4 Å². The lowest BCUT2D eigenvalue weighted by molar-refractivity contribution is 0.0169. The van der Waals surface area contributed by atoms with Crippen LogP contribution >= 0.6 is 0 Å². The monoisotopic (exact) mass is 541 g/mol. The summed E-state index contributed by atoms with van der Waals surface area (Å²) in [5, 5.41) is 10.1. The molecule has 0 bridgehead atoms. The summed E-state index contributed by atoms with van der Waals surface area (Å²) in [5.41, 5.74) is 2.12. The molecule has 0 aliphatic carbocycles. The Morgan fingerprint density at radius 1 is 1.13 bits per heavy atom. The van der Waals surface area contributed by atoms with E-state index in [0.717, 1.165) is 23.4 Å². The number of rotatable bonds is 6. The van der Waals surface area contributed by atoms with Gasteiger partial charge in [0.15, 0.2) is 0 Å². The van der Waals surface area contributed by atoms with E-state index in [1.807, 2.05) is 11.1 Å². The fourth-order valence-electron chi connectivity index (χ4n) is 5.69. The van der Waals surface area contributed by atoms with Gasteiger partial charge in [-0.2, -0.15) is 5.10 Å². The van der Waals surface area contributed by atoms with Crippen LogP contribution in [-0.2, 0) is 24.2 Å². The summed E-state index contributed by atoms with van der Waals surface area (Å²) in [6, 6.07) is 8.64. The highest BCUT2D eigenvalue weighted by Crippen LogP contribution is 2.37. The third-order valence-corrected chi connectivity index (χ3v) is 7.41. The van der Waals surface area contributed by atoms with Crippen LogP contribution in [0.25, 0.3) is 0 Å². The first-order valence-corrected chi connectivity index (χ1v) is 13.2. The maximum Gasteiger partial charge on any atom is 0.407 e. The first-order chi connectivity index (χ1) is 18.6. The zero-order valence-corrected chi connectivity index (χ0v) is 22.4. The first-order valence-electron chi connectivity index (χ1n) is 13.2. The molecule has 5 rings (SSSR count). The van der Waals surface area contributed by atoms with Crippen molar-refractivity contribution in [2.45, 2.75) is 70.4 Å². The van der Waals surface area contributed by atoms with Crippen molar-refractivity contribution in [3.8, 4) is 0 Å². The molecule has 1 aromatic heterocycles. The van der Waals surface area contributed by atoms with Gasteiger partial charge < -0.3 is 10.1 Å². The normalized spacial score (nSPS) is 22.1. The first kappa shape index (κ1) is 27.2. The van der Waals surface area contributed by atoms with Crippen LogP contribution in [0.2, 0.25) is 0 Å². The summed E-state index contributed by atoms with van der Waals surface area (Å²) in [5.74, 6) is -1.44. The Morgan fingerprint density at radius 2 is 1.92 bits per heavy atom. The lowest BCUT2D eigenvalue weighted by Crippen LogP contribution is -2.58. The Hall–Kier alpha value is -3.37. The van der Waals surface area contributed by atoms with Crippen molar-refractivity contribution in [3.05, 3.63) is 88.5 Å². The largest absolute Gasteiger partial charge is 0.444 e. The van der Waals surface area contributed by atoms with Crippen molar-refractivity contribution in [2.24, 2.45) is 0 Å². The van der Waals surface area contributed by atoms with Gasteiger partial charge in [-0.1, -0.05) is 18.2 Å². The molecule has 1 fully saturated rings. The van der Waals surface area contributed by atoms with Gasteiger partial charge in [-0.25, -0.2) is 18.0 Å². The fraction of sp³-hybridized carbons (Fsp3) is 0.448. The molecule has 39 heavy (non-hydrogen) atoms. The van der Waals surface area contributed by atoms with Crippen LogP contribution in [0.4, 0.5) is 18.0 Å². The van der Waals surface area contributed by atoms with Crippen molar-refractivity contribution in [1.82, 2.24) is 25.3 Å². The molecule has 3 heterocycles. The molecule has 2 aromatic carbocycles. The van der Waals surface area contributed by atoms with E-state index in [4.69, 9.17) is 4.74 Å². The van der Waals surface area contributed by atoms with Crippen LogP contribution in [0, 0.1) is 17.5 Å². The highest BCUT2D eigenvalue weighted by atomic mass is 19.1. The van der Waals surface area contributed by atoms with Gasteiger partial charge in [0.2, 0.25) is 0 Å². The molecule has 0 saturated carbocycles. The average molecular weight is 542 g/mol. The van der Waals surface area contributed by atoms with E-state index < -0.39 is 35.4 Å². The van der Waals surface area contributed by atoms with Gasteiger partial charge in [0.05, 0.1) is 24.0 Å². The number of nitrogens with zero attached hydrogens (tertiary/aromatic N) is 3. The number of benzene rings is 2. The van der Waals surface area contributed by atoms with E-state index in [0.29, 0.717) is 44.6 Å². The van der Waals surface area contributed by atoms with Crippen molar-refractivity contribution in [3.63, 3.8) is 0 Å². The number of aromatic nitrogens is 2. The van der Waals surface area contributed by atoms with E-state index >= 15 is 4.39 Å². The number of aromatic amines is 1. The molecule has 10 heteroatoms. The molecule has 2 aliphatic heterocycles.